The Hall–Kier alpha value is -2.55. The van der Waals surface area contributed by atoms with Gasteiger partial charge in [0.05, 0.1) is 5.69 Å². The maximum absolute atomic E-state index is 13.9. The fourth-order valence-corrected chi connectivity index (χ4v) is 3.64. The molecule has 0 aromatic heterocycles. The largest absolute Gasteiger partial charge is 0.370 e. The number of nitrogens with two attached hydrogens (primary N) is 1. The minimum atomic E-state index is -4.72. The second-order valence-electron chi connectivity index (χ2n) is 4.83. The fourth-order valence-electron chi connectivity index (χ4n) is 2.08. The lowest BCUT2D eigenvalue weighted by atomic mass is 10.3. The second-order valence-corrected chi connectivity index (χ2v) is 6.63. The molecule has 0 saturated heterocycles. The van der Waals surface area contributed by atoms with Crippen LogP contribution in [0.3, 0.4) is 0 Å². The molecule has 2 aromatic carbocycles. The highest BCUT2D eigenvalue weighted by Crippen LogP contribution is 2.28. The number of carbonyl (C=O) groups excluding carboxylic acids is 1. The third-order valence-corrected chi connectivity index (χ3v) is 5.00. The van der Waals surface area contributed by atoms with E-state index < -0.39 is 44.8 Å². The monoisotopic (exact) mass is 358 g/mol. The molecule has 0 aliphatic carbocycles. The van der Waals surface area contributed by atoms with Crippen LogP contribution in [0, 0.1) is 17.5 Å². The molecule has 0 spiro atoms. The highest BCUT2D eigenvalue weighted by molar-refractivity contribution is 7.92. The number of primary amides is 1. The summed E-state index contributed by atoms with van der Waals surface area (Å²) in [6.45, 7) is -0.419. The van der Waals surface area contributed by atoms with Crippen LogP contribution in [0.2, 0.25) is 0 Å². The van der Waals surface area contributed by atoms with E-state index in [9.17, 15) is 26.4 Å². The summed E-state index contributed by atoms with van der Waals surface area (Å²) < 4.78 is 66.8. The number of halogens is 3. The first-order chi connectivity index (χ1) is 11.2. The third-order valence-electron chi connectivity index (χ3n) is 3.12. The Balaban J connectivity index is 2.58. The fraction of sp³-hybridized carbons (Fsp3) is 0.133. The molecule has 0 bridgehead atoms. The summed E-state index contributed by atoms with van der Waals surface area (Å²) in [5.41, 5.74) is 5.11. The Morgan fingerprint density at radius 2 is 1.58 bits per heavy atom. The average Bonchev–Trinajstić information content (AvgIpc) is 2.46. The zero-order valence-corrected chi connectivity index (χ0v) is 13.1. The van der Waals surface area contributed by atoms with Crippen molar-refractivity contribution in [1.82, 2.24) is 0 Å². The molecular weight excluding hydrogens is 345 g/mol. The number of amides is 1. The summed E-state index contributed by atoms with van der Waals surface area (Å²) in [4.78, 5) is 9.69. The highest BCUT2D eigenvalue weighted by atomic mass is 32.2. The number of para-hydroxylation sites is 1. The number of nitrogens with zero attached hydrogens (tertiary/aromatic N) is 1. The van der Waals surface area contributed by atoms with E-state index >= 15 is 0 Å². The summed E-state index contributed by atoms with van der Waals surface area (Å²) in [5, 5.41) is 0. The van der Waals surface area contributed by atoms with E-state index in [0.717, 1.165) is 0 Å². The van der Waals surface area contributed by atoms with Crippen molar-refractivity contribution < 1.29 is 26.4 Å². The first-order valence-electron chi connectivity index (χ1n) is 6.74. The standard InChI is InChI=1S/C15H13F3N2O3S/c16-10-8-12(17)15(13(18)9-10)24(22,23)20(7-6-14(19)21)11-4-2-1-3-5-11/h1-5,8-9H,6-7H2,(H2,19,21). The lowest BCUT2D eigenvalue weighted by Gasteiger charge is -2.24. The lowest BCUT2D eigenvalue weighted by Crippen LogP contribution is -2.35. The minimum Gasteiger partial charge on any atom is -0.370 e. The van der Waals surface area contributed by atoms with E-state index in [1.807, 2.05) is 0 Å². The predicted octanol–water partition coefficient (Wildman–Crippen LogP) is 2.17. The van der Waals surface area contributed by atoms with Gasteiger partial charge >= 0.3 is 0 Å². The molecular formula is C15H13F3N2O3S. The van der Waals surface area contributed by atoms with Crippen LogP contribution < -0.4 is 10.0 Å². The van der Waals surface area contributed by atoms with Crippen LogP contribution in [0.4, 0.5) is 18.9 Å². The molecule has 9 heteroatoms. The van der Waals surface area contributed by atoms with E-state index in [1.165, 1.54) is 24.3 Å². The number of anilines is 1. The summed E-state index contributed by atoms with van der Waals surface area (Å²) in [6, 6.07) is 7.95. The Kier molecular flexibility index (Phi) is 5.13. The highest BCUT2D eigenvalue weighted by Gasteiger charge is 2.32. The van der Waals surface area contributed by atoms with Crippen LogP contribution in [0.1, 0.15) is 6.42 Å². The van der Waals surface area contributed by atoms with E-state index in [1.54, 1.807) is 6.07 Å². The number of carbonyl (C=O) groups is 1. The van der Waals surface area contributed by atoms with E-state index in [4.69, 9.17) is 5.73 Å². The zero-order chi connectivity index (χ0) is 17.9. The molecule has 0 radical (unpaired) electrons. The van der Waals surface area contributed by atoms with Gasteiger partial charge in [-0.25, -0.2) is 21.6 Å². The number of rotatable bonds is 6. The quantitative estimate of drug-likeness (QED) is 0.859. The first-order valence-corrected chi connectivity index (χ1v) is 8.18. The van der Waals surface area contributed by atoms with Crippen molar-refractivity contribution >= 4 is 21.6 Å². The van der Waals surface area contributed by atoms with Gasteiger partial charge in [0, 0.05) is 25.1 Å². The Morgan fingerprint density at radius 1 is 1.04 bits per heavy atom. The van der Waals surface area contributed by atoms with Crippen LogP contribution in [0.5, 0.6) is 0 Å². The predicted molar refractivity (Wildman–Crippen MR) is 81.1 cm³/mol. The molecule has 128 valence electrons. The molecule has 5 nitrogen and oxygen atoms in total. The Labute approximate surface area is 136 Å². The summed E-state index contributed by atoms with van der Waals surface area (Å²) in [7, 11) is -4.72. The van der Waals surface area contributed by atoms with Gasteiger partial charge < -0.3 is 5.73 Å². The molecule has 0 saturated carbocycles. The van der Waals surface area contributed by atoms with Crippen molar-refractivity contribution in [3.8, 4) is 0 Å². The maximum Gasteiger partial charge on any atom is 0.270 e. The molecule has 2 aromatic rings. The van der Waals surface area contributed by atoms with Gasteiger partial charge in [-0.3, -0.25) is 9.10 Å². The normalized spacial score (nSPS) is 11.3. The molecule has 0 heterocycles. The molecule has 0 fully saturated rings. The van der Waals surface area contributed by atoms with Gasteiger partial charge in [0.15, 0.2) is 4.90 Å². The third kappa shape index (κ3) is 3.67. The molecule has 0 unspecified atom stereocenters. The van der Waals surface area contributed by atoms with Gasteiger partial charge in [0.1, 0.15) is 17.5 Å². The second kappa shape index (κ2) is 6.91. The molecule has 2 rings (SSSR count). The molecule has 24 heavy (non-hydrogen) atoms. The van der Waals surface area contributed by atoms with Gasteiger partial charge in [-0.15, -0.1) is 0 Å². The van der Waals surface area contributed by atoms with Crippen molar-refractivity contribution in [2.45, 2.75) is 11.3 Å². The molecule has 1 amide bonds. The smallest absolute Gasteiger partial charge is 0.270 e. The van der Waals surface area contributed by atoms with Crippen LogP contribution in [0.25, 0.3) is 0 Å². The SMILES string of the molecule is NC(=O)CCN(c1ccccc1)S(=O)(=O)c1c(F)cc(F)cc1F. The Bertz CT molecular complexity index is 835. The zero-order valence-electron chi connectivity index (χ0n) is 12.2. The topological polar surface area (TPSA) is 80.5 Å². The number of sulfonamides is 1. The van der Waals surface area contributed by atoms with E-state index in [2.05, 4.69) is 0 Å². The average molecular weight is 358 g/mol. The summed E-state index contributed by atoms with van der Waals surface area (Å²) >= 11 is 0. The van der Waals surface area contributed by atoms with Crippen molar-refractivity contribution in [3.63, 3.8) is 0 Å². The van der Waals surface area contributed by atoms with Crippen molar-refractivity contribution in [3.05, 3.63) is 59.9 Å². The van der Waals surface area contributed by atoms with Gasteiger partial charge in [-0.1, -0.05) is 18.2 Å². The van der Waals surface area contributed by atoms with Crippen molar-refractivity contribution in [1.29, 1.82) is 0 Å². The molecule has 0 aliphatic rings. The number of hydrogen-bond acceptors (Lipinski definition) is 3. The van der Waals surface area contributed by atoms with Gasteiger partial charge in [0.2, 0.25) is 5.91 Å². The molecule has 0 atom stereocenters. The van der Waals surface area contributed by atoms with Crippen LogP contribution in [0.15, 0.2) is 47.4 Å². The van der Waals surface area contributed by atoms with Crippen LogP contribution >= 0.6 is 0 Å². The summed E-state index contributed by atoms with van der Waals surface area (Å²) in [6.07, 6.45) is -0.363. The number of hydrogen-bond donors (Lipinski definition) is 1. The van der Waals surface area contributed by atoms with Crippen molar-refractivity contribution in [2.75, 3.05) is 10.8 Å². The van der Waals surface area contributed by atoms with Gasteiger partial charge in [0.25, 0.3) is 10.0 Å². The number of benzene rings is 2. The van der Waals surface area contributed by atoms with Gasteiger partial charge in [-0.2, -0.15) is 0 Å². The van der Waals surface area contributed by atoms with Crippen molar-refractivity contribution in [2.24, 2.45) is 5.73 Å². The minimum absolute atomic E-state index is 0.0851. The van der Waals surface area contributed by atoms with Crippen LogP contribution in [-0.4, -0.2) is 20.9 Å². The van der Waals surface area contributed by atoms with Gasteiger partial charge in [-0.05, 0) is 12.1 Å². The summed E-state index contributed by atoms with van der Waals surface area (Å²) in [5.74, 6) is -5.15. The Morgan fingerprint density at radius 3 is 2.08 bits per heavy atom. The first kappa shape index (κ1) is 17.8. The molecule has 2 N–H and O–H groups in total. The maximum atomic E-state index is 13.9. The van der Waals surface area contributed by atoms with E-state index in [-0.39, 0.29) is 24.2 Å². The lowest BCUT2D eigenvalue weighted by molar-refractivity contribution is -0.117. The molecule has 0 aliphatic heterocycles. The van der Waals surface area contributed by atoms with E-state index in [0.29, 0.717) is 4.31 Å². The van der Waals surface area contributed by atoms with Crippen LogP contribution in [-0.2, 0) is 14.8 Å².